The van der Waals surface area contributed by atoms with Crippen molar-refractivity contribution in [2.75, 3.05) is 0 Å². The van der Waals surface area contributed by atoms with E-state index in [1.165, 1.54) is 0 Å². The zero-order chi connectivity index (χ0) is 11.3. The van der Waals surface area contributed by atoms with Crippen molar-refractivity contribution in [1.82, 2.24) is 0 Å². The van der Waals surface area contributed by atoms with Crippen molar-refractivity contribution in [2.45, 2.75) is 0 Å². The van der Waals surface area contributed by atoms with Crippen molar-refractivity contribution in [2.24, 2.45) is 0 Å². The molecule has 0 N–H and O–H groups in total. The fraction of sp³-hybridized carbons (Fsp3) is 0. The van der Waals surface area contributed by atoms with E-state index in [9.17, 15) is 4.55 Å². The summed E-state index contributed by atoms with van der Waals surface area (Å²) in [5.41, 5.74) is 0. The van der Waals surface area contributed by atoms with Gasteiger partial charge in [-0.05, 0) is 35.0 Å². The molecule has 0 unspecified atom stereocenters. The smallest absolute Gasteiger partial charge is 0.181 e. The van der Waals surface area contributed by atoms with Crippen LogP contribution in [-0.4, -0.2) is 4.55 Å². The molecule has 0 saturated heterocycles. The second-order valence-electron chi connectivity index (χ2n) is 3.55. The van der Waals surface area contributed by atoms with Crippen molar-refractivity contribution in [1.29, 1.82) is 0 Å². The van der Waals surface area contributed by atoms with Crippen molar-refractivity contribution < 1.29 is 4.55 Å². The third-order valence-electron chi connectivity index (χ3n) is 2.58. The molecule has 80 valence electrons. The lowest BCUT2D eigenvalue weighted by molar-refractivity contribution is 0.602. The van der Waals surface area contributed by atoms with Crippen LogP contribution in [0.25, 0.3) is 20.2 Å². The van der Waals surface area contributed by atoms with Crippen molar-refractivity contribution >= 4 is 62.8 Å². The summed E-state index contributed by atoms with van der Waals surface area (Å²) in [5.74, 6) is 0. The molecular formula is C12H6Br2OS. The molecule has 16 heavy (non-hydrogen) atoms. The molecule has 0 aliphatic heterocycles. The largest absolute Gasteiger partial charge is 0.590 e. The fourth-order valence-electron chi connectivity index (χ4n) is 1.86. The zero-order valence-electron chi connectivity index (χ0n) is 8.04. The van der Waals surface area contributed by atoms with Gasteiger partial charge in [-0.15, -0.1) is 0 Å². The van der Waals surface area contributed by atoms with Gasteiger partial charge in [0.1, 0.15) is 0 Å². The Hall–Kier alpha value is -0.420. The Kier molecular flexibility index (Phi) is 2.55. The van der Waals surface area contributed by atoms with Crippen LogP contribution in [0.2, 0.25) is 0 Å². The lowest BCUT2D eigenvalue weighted by atomic mass is 10.2. The third-order valence-corrected chi connectivity index (χ3v) is 5.04. The van der Waals surface area contributed by atoms with Gasteiger partial charge in [0.2, 0.25) is 0 Å². The maximum atomic E-state index is 12.3. The van der Waals surface area contributed by atoms with E-state index in [0.29, 0.717) is 0 Å². The van der Waals surface area contributed by atoms with Gasteiger partial charge in [-0.1, -0.05) is 31.9 Å². The first kappa shape index (κ1) is 10.7. The molecule has 4 heteroatoms. The Morgan fingerprint density at radius 2 is 1.25 bits per heavy atom. The van der Waals surface area contributed by atoms with Gasteiger partial charge in [0.05, 0.1) is 0 Å². The number of fused-ring (bicyclic) bond motifs is 3. The molecule has 0 saturated carbocycles. The maximum absolute atomic E-state index is 12.3. The highest BCUT2D eigenvalue weighted by Crippen LogP contribution is 2.42. The third kappa shape index (κ3) is 1.52. The van der Waals surface area contributed by atoms with Crippen LogP contribution >= 0.6 is 42.6 Å². The number of benzene rings is 2. The summed E-state index contributed by atoms with van der Waals surface area (Å²) >= 11 is 6.82. The molecule has 3 rings (SSSR count). The van der Waals surface area contributed by atoms with Gasteiger partial charge >= 0.3 is 0 Å². The highest BCUT2D eigenvalue weighted by atomic mass is 79.9. The van der Waals surface area contributed by atoms with E-state index in [-0.39, 0.29) is 0 Å². The second kappa shape index (κ2) is 3.81. The SMILES string of the molecule is [O-][s+]1c2cc(Br)ccc2c2ccc(Br)cc21. The molecule has 1 heterocycles. The van der Waals surface area contributed by atoms with Crippen molar-refractivity contribution in [3.8, 4) is 0 Å². The fourth-order valence-corrected chi connectivity index (χ4v) is 4.35. The summed E-state index contributed by atoms with van der Waals surface area (Å²) in [7, 11) is -1.05. The molecule has 0 aliphatic carbocycles. The van der Waals surface area contributed by atoms with Crippen LogP contribution in [0.5, 0.6) is 0 Å². The topological polar surface area (TPSA) is 23.1 Å². The van der Waals surface area contributed by atoms with E-state index in [1.54, 1.807) is 0 Å². The molecule has 0 atom stereocenters. The Bertz CT molecular complexity index is 644. The minimum atomic E-state index is -1.05. The van der Waals surface area contributed by atoms with Gasteiger partial charge in [0.15, 0.2) is 9.40 Å². The predicted octanol–water partition coefficient (Wildman–Crippen LogP) is 5.25. The molecule has 3 aromatic rings. The van der Waals surface area contributed by atoms with E-state index in [2.05, 4.69) is 31.9 Å². The van der Waals surface area contributed by atoms with Gasteiger partial charge in [0, 0.05) is 31.9 Å². The van der Waals surface area contributed by atoms with E-state index in [0.717, 1.165) is 29.1 Å². The number of hydrogen-bond donors (Lipinski definition) is 0. The first-order chi connectivity index (χ1) is 7.66. The molecule has 0 bridgehead atoms. The molecule has 0 spiro atoms. The summed E-state index contributed by atoms with van der Waals surface area (Å²) in [6, 6.07) is 11.8. The quantitative estimate of drug-likeness (QED) is 0.504. The Balaban J connectivity index is 2.59. The van der Waals surface area contributed by atoms with E-state index >= 15 is 0 Å². The summed E-state index contributed by atoms with van der Waals surface area (Å²) in [6.07, 6.45) is 0. The van der Waals surface area contributed by atoms with Crippen LogP contribution in [-0.2, 0) is 0 Å². The van der Waals surface area contributed by atoms with Crippen LogP contribution in [0, 0.1) is 0 Å². The van der Waals surface area contributed by atoms with Crippen LogP contribution in [0.15, 0.2) is 45.3 Å². The van der Waals surface area contributed by atoms with Gasteiger partial charge < -0.3 is 4.55 Å². The summed E-state index contributed by atoms with van der Waals surface area (Å²) in [6.45, 7) is 0. The van der Waals surface area contributed by atoms with E-state index in [1.807, 2.05) is 36.4 Å². The average molecular weight is 358 g/mol. The normalized spacial score (nSPS) is 11.4. The number of halogens is 2. The standard InChI is InChI=1S/C12H6Br2OS/c13-7-1-3-9-10-4-2-8(14)6-12(10)16(15)11(9)5-7/h1-6H. The van der Waals surface area contributed by atoms with Crippen LogP contribution in [0.3, 0.4) is 0 Å². The molecule has 0 radical (unpaired) electrons. The average Bonchev–Trinajstić information content (AvgIpc) is 2.53. The predicted molar refractivity (Wildman–Crippen MR) is 75.5 cm³/mol. The van der Waals surface area contributed by atoms with Crippen LogP contribution in [0.4, 0.5) is 0 Å². The van der Waals surface area contributed by atoms with Crippen LogP contribution in [0.1, 0.15) is 0 Å². The molecule has 1 aromatic heterocycles. The molecule has 1 nitrogen and oxygen atoms in total. The number of rotatable bonds is 0. The molecular weight excluding hydrogens is 352 g/mol. The summed E-state index contributed by atoms with van der Waals surface area (Å²) in [5, 5.41) is 2.15. The van der Waals surface area contributed by atoms with Gasteiger partial charge in [-0.2, -0.15) is 0 Å². The molecule has 0 amide bonds. The second-order valence-corrected chi connectivity index (χ2v) is 6.80. The highest BCUT2D eigenvalue weighted by Gasteiger charge is 2.15. The summed E-state index contributed by atoms with van der Waals surface area (Å²) in [4.78, 5) is 0. The van der Waals surface area contributed by atoms with Crippen LogP contribution < -0.4 is 0 Å². The summed E-state index contributed by atoms with van der Waals surface area (Å²) < 4.78 is 16.0. The Labute approximate surface area is 112 Å². The van der Waals surface area contributed by atoms with E-state index < -0.39 is 10.8 Å². The first-order valence-electron chi connectivity index (χ1n) is 4.68. The molecule has 0 aliphatic rings. The number of thiophene rings is 1. The van der Waals surface area contributed by atoms with Gasteiger partial charge in [-0.25, -0.2) is 0 Å². The lowest BCUT2D eigenvalue weighted by Crippen LogP contribution is -1.67. The minimum absolute atomic E-state index is 0.891. The monoisotopic (exact) mass is 356 g/mol. The van der Waals surface area contributed by atoms with Gasteiger partial charge in [-0.3, -0.25) is 0 Å². The van der Waals surface area contributed by atoms with E-state index in [4.69, 9.17) is 0 Å². The zero-order valence-corrected chi connectivity index (χ0v) is 12.0. The van der Waals surface area contributed by atoms with Gasteiger partial charge in [0.25, 0.3) is 0 Å². The lowest BCUT2D eigenvalue weighted by Gasteiger charge is -1.92. The minimum Gasteiger partial charge on any atom is -0.590 e. The Morgan fingerprint density at radius 1 is 0.812 bits per heavy atom. The maximum Gasteiger partial charge on any atom is 0.181 e. The van der Waals surface area contributed by atoms with Crippen molar-refractivity contribution in [3.63, 3.8) is 0 Å². The Morgan fingerprint density at radius 3 is 1.69 bits per heavy atom. The molecule has 2 aromatic carbocycles. The molecule has 0 fully saturated rings. The first-order valence-corrected chi connectivity index (χ1v) is 7.41. The number of hydrogen-bond acceptors (Lipinski definition) is 1. The highest BCUT2D eigenvalue weighted by molar-refractivity contribution is 9.10. The van der Waals surface area contributed by atoms with Crippen molar-refractivity contribution in [3.05, 3.63) is 45.3 Å².